The van der Waals surface area contributed by atoms with Gasteiger partial charge in [0.2, 0.25) is 5.82 Å². The Labute approximate surface area is 157 Å². The van der Waals surface area contributed by atoms with Gasteiger partial charge in [-0.05, 0) is 42.7 Å². The summed E-state index contributed by atoms with van der Waals surface area (Å²) in [5.74, 6) is 2.40. The molecule has 2 heterocycles. The SMILES string of the molecule is N#Cc1ccc(CSc2nnc(-c3ccco3)n2C2CCCCC2)cc1. The van der Waals surface area contributed by atoms with E-state index in [1.165, 1.54) is 24.8 Å². The van der Waals surface area contributed by atoms with Gasteiger partial charge in [-0.25, -0.2) is 0 Å². The molecule has 3 aromatic rings. The number of hydrogen-bond acceptors (Lipinski definition) is 5. The van der Waals surface area contributed by atoms with Crippen LogP contribution in [0.3, 0.4) is 0 Å². The third-order valence-corrected chi connectivity index (χ3v) is 5.81. The summed E-state index contributed by atoms with van der Waals surface area (Å²) in [5.41, 5.74) is 1.86. The van der Waals surface area contributed by atoms with Crippen LogP contribution in [0.15, 0.2) is 52.2 Å². The van der Waals surface area contributed by atoms with Crippen molar-refractivity contribution in [2.45, 2.75) is 49.1 Å². The van der Waals surface area contributed by atoms with Crippen molar-refractivity contribution < 1.29 is 4.42 Å². The maximum atomic E-state index is 8.92. The Morgan fingerprint density at radius 2 is 1.92 bits per heavy atom. The van der Waals surface area contributed by atoms with Gasteiger partial charge in [-0.2, -0.15) is 5.26 Å². The quantitative estimate of drug-likeness (QED) is 0.582. The van der Waals surface area contributed by atoms with E-state index < -0.39 is 0 Å². The lowest BCUT2D eigenvalue weighted by atomic mass is 9.95. The van der Waals surface area contributed by atoms with E-state index in [1.54, 1.807) is 18.0 Å². The second-order valence-electron chi connectivity index (χ2n) is 6.54. The predicted molar refractivity (Wildman–Crippen MR) is 101 cm³/mol. The van der Waals surface area contributed by atoms with Gasteiger partial charge in [-0.1, -0.05) is 43.2 Å². The number of nitriles is 1. The molecule has 0 radical (unpaired) electrons. The second kappa shape index (κ2) is 7.79. The summed E-state index contributed by atoms with van der Waals surface area (Å²) in [6, 6.07) is 14.1. The Morgan fingerprint density at radius 3 is 2.62 bits per heavy atom. The molecular formula is C20H20N4OS. The minimum atomic E-state index is 0.433. The Balaban J connectivity index is 1.59. The van der Waals surface area contributed by atoms with Crippen LogP contribution in [-0.2, 0) is 5.75 Å². The monoisotopic (exact) mass is 364 g/mol. The van der Waals surface area contributed by atoms with Crippen molar-refractivity contribution in [1.29, 1.82) is 5.26 Å². The summed E-state index contributed by atoms with van der Waals surface area (Å²) in [6.45, 7) is 0. The molecule has 1 fully saturated rings. The smallest absolute Gasteiger partial charge is 0.200 e. The van der Waals surface area contributed by atoms with Crippen molar-refractivity contribution >= 4 is 11.8 Å². The lowest BCUT2D eigenvalue weighted by molar-refractivity contribution is 0.337. The first-order valence-corrected chi connectivity index (χ1v) is 9.94. The molecule has 26 heavy (non-hydrogen) atoms. The van der Waals surface area contributed by atoms with E-state index in [0.29, 0.717) is 11.6 Å². The van der Waals surface area contributed by atoms with Crippen molar-refractivity contribution in [1.82, 2.24) is 14.8 Å². The molecule has 0 atom stereocenters. The highest BCUT2D eigenvalue weighted by atomic mass is 32.2. The molecule has 1 aliphatic carbocycles. The van der Waals surface area contributed by atoms with Gasteiger partial charge in [0.05, 0.1) is 17.9 Å². The first-order chi connectivity index (χ1) is 12.8. The maximum absolute atomic E-state index is 8.92. The van der Waals surface area contributed by atoms with Crippen molar-refractivity contribution in [2.24, 2.45) is 0 Å². The van der Waals surface area contributed by atoms with Crippen LogP contribution < -0.4 is 0 Å². The second-order valence-corrected chi connectivity index (χ2v) is 7.49. The number of hydrogen-bond donors (Lipinski definition) is 0. The van der Waals surface area contributed by atoms with Crippen molar-refractivity contribution in [3.05, 3.63) is 53.8 Å². The topological polar surface area (TPSA) is 67.6 Å². The Bertz CT molecular complexity index is 887. The standard InChI is InChI=1S/C20H20N4OS/c21-13-15-8-10-16(11-9-15)14-26-20-23-22-19(18-7-4-12-25-18)24(20)17-5-2-1-3-6-17/h4,7-12,17H,1-3,5-6,14H2. The molecule has 1 aliphatic rings. The average Bonchev–Trinajstić information content (AvgIpc) is 3.37. The summed E-state index contributed by atoms with van der Waals surface area (Å²) in [5, 5.41) is 18.8. The van der Waals surface area contributed by atoms with E-state index in [4.69, 9.17) is 9.68 Å². The molecule has 2 aromatic heterocycles. The third kappa shape index (κ3) is 3.54. The first-order valence-electron chi connectivity index (χ1n) is 8.96. The van der Waals surface area contributed by atoms with Crippen LogP contribution in [0, 0.1) is 11.3 Å². The summed E-state index contributed by atoms with van der Waals surface area (Å²) in [6.07, 6.45) is 7.81. The van der Waals surface area contributed by atoms with Gasteiger partial charge in [0.25, 0.3) is 0 Å². The van der Waals surface area contributed by atoms with Crippen LogP contribution in [0.4, 0.5) is 0 Å². The Morgan fingerprint density at radius 1 is 1.12 bits per heavy atom. The van der Waals surface area contributed by atoms with E-state index in [-0.39, 0.29) is 0 Å². The highest BCUT2D eigenvalue weighted by Gasteiger charge is 2.24. The molecule has 5 nitrogen and oxygen atoms in total. The van der Waals surface area contributed by atoms with Crippen LogP contribution in [0.1, 0.15) is 49.3 Å². The molecule has 0 aliphatic heterocycles. The molecule has 6 heteroatoms. The van der Waals surface area contributed by atoms with Crippen molar-refractivity contribution in [3.8, 4) is 17.7 Å². The molecule has 1 saturated carbocycles. The minimum Gasteiger partial charge on any atom is -0.461 e. The molecule has 0 N–H and O–H groups in total. The number of nitrogens with zero attached hydrogens (tertiary/aromatic N) is 4. The molecule has 4 rings (SSSR count). The number of benzene rings is 1. The summed E-state index contributed by atoms with van der Waals surface area (Å²) < 4.78 is 7.86. The highest BCUT2D eigenvalue weighted by Crippen LogP contribution is 2.36. The van der Waals surface area contributed by atoms with Crippen molar-refractivity contribution in [2.75, 3.05) is 0 Å². The third-order valence-electron chi connectivity index (χ3n) is 4.80. The number of thioether (sulfide) groups is 1. The van der Waals surface area contributed by atoms with E-state index in [1.807, 2.05) is 36.4 Å². The van der Waals surface area contributed by atoms with Crippen LogP contribution in [0.5, 0.6) is 0 Å². The van der Waals surface area contributed by atoms with E-state index in [2.05, 4.69) is 20.8 Å². The van der Waals surface area contributed by atoms with Gasteiger partial charge >= 0.3 is 0 Å². The van der Waals surface area contributed by atoms with E-state index in [9.17, 15) is 0 Å². The van der Waals surface area contributed by atoms with Gasteiger partial charge in [-0.3, -0.25) is 4.57 Å². The molecule has 0 unspecified atom stereocenters. The normalized spacial score (nSPS) is 15.0. The lowest BCUT2D eigenvalue weighted by Crippen LogP contribution is -2.15. The number of aromatic nitrogens is 3. The Hall–Kier alpha value is -2.52. The molecule has 0 spiro atoms. The van der Waals surface area contributed by atoms with Crippen molar-refractivity contribution in [3.63, 3.8) is 0 Å². The fourth-order valence-corrected chi connectivity index (χ4v) is 4.40. The van der Waals surface area contributed by atoms with Crippen LogP contribution in [-0.4, -0.2) is 14.8 Å². The van der Waals surface area contributed by atoms with Crippen LogP contribution in [0.25, 0.3) is 11.6 Å². The zero-order valence-corrected chi connectivity index (χ0v) is 15.3. The average molecular weight is 364 g/mol. The maximum Gasteiger partial charge on any atom is 0.200 e. The van der Waals surface area contributed by atoms with E-state index in [0.717, 1.165) is 35.3 Å². The largest absolute Gasteiger partial charge is 0.461 e. The number of furan rings is 1. The summed E-state index contributed by atoms with van der Waals surface area (Å²) >= 11 is 1.69. The van der Waals surface area contributed by atoms with Crippen LogP contribution in [0.2, 0.25) is 0 Å². The Kier molecular flexibility index (Phi) is 5.07. The van der Waals surface area contributed by atoms with Gasteiger partial charge in [-0.15, -0.1) is 10.2 Å². The molecule has 132 valence electrons. The minimum absolute atomic E-state index is 0.433. The summed E-state index contributed by atoms with van der Waals surface area (Å²) in [4.78, 5) is 0. The van der Waals surface area contributed by atoms with Gasteiger partial charge in [0.1, 0.15) is 0 Å². The highest BCUT2D eigenvalue weighted by molar-refractivity contribution is 7.98. The molecule has 0 bridgehead atoms. The lowest BCUT2D eigenvalue weighted by Gasteiger charge is -2.25. The van der Waals surface area contributed by atoms with Crippen LogP contribution >= 0.6 is 11.8 Å². The summed E-state index contributed by atoms with van der Waals surface area (Å²) in [7, 11) is 0. The fourth-order valence-electron chi connectivity index (χ4n) is 3.44. The molecule has 1 aromatic carbocycles. The number of rotatable bonds is 5. The van der Waals surface area contributed by atoms with Gasteiger partial charge in [0.15, 0.2) is 10.9 Å². The first kappa shape index (κ1) is 16.9. The van der Waals surface area contributed by atoms with E-state index >= 15 is 0 Å². The predicted octanol–water partition coefficient (Wildman–Crippen LogP) is 5.21. The van der Waals surface area contributed by atoms with Gasteiger partial charge in [0, 0.05) is 11.8 Å². The molecule has 0 saturated heterocycles. The molecule has 0 amide bonds. The zero-order valence-electron chi connectivity index (χ0n) is 14.5. The van der Waals surface area contributed by atoms with Gasteiger partial charge < -0.3 is 4.42 Å². The zero-order chi connectivity index (χ0) is 17.8. The fraction of sp³-hybridized carbons (Fsp3) is 0.350. The molecular weight excluding hydrogens is 344 g/mol.